The number of aliphatic imine (C=N–C) groups is 1. The molecular weight excluding hydrogens is 453 g/mol. The molecule has 27 heavy (non-hydrogen) atoms. The van der Waals surface area contributed by atoms with E-state index in [-0.39, 0.29) is 35.4 Å². The van der Waals surface area contributed by atoms with E-state index in [2.05, 4.69) is 63.9 Å². The molecule has 0 amide bonds. The minimum atomic E-state index is -0.156. The topological polar surface area (TPSA) is 75.3 Å². The Morgan fingerprint density at radius 2 is 1.85 bits per heavy atom. The van der Waals surface area contributed by atoms with Crippen molar-refractivity contribution in [3.05, 3.63) is 47.1 Å². The zero-order chi connectivity index (χ0) is 19.2. The predicted molar refractivity (Wildman–Crippen MR) is 121 cm³/mol. The van der Waals surface area contributed by atoms with Crippen molar-refractivity contribution in [3.8, 4) is 0 Å². The second kappa shape index (κ2) is 10.6. The normalized spacial score (nSPS) is 13.0. The second-order valence-electron chi connectivity index (χ2n) is 7.42. The smallest absolute Gasteiger partial charge is 0.232 e. The number of benzene rings is 1. The van der Waals surface area contributed by atoms with Gasteiger partial charge in [0.25, 0.3) is 0 Å². The van der Waals surface area contributed by atoms with E-state index in [1.807, 2.05) is 27.7 Å². The summed E-state index contributed by atoms with van der Waals surface area (Å²) >= 11 is 0. The Balaban J connectivity index is 0.00000364. The molecule has 0 radical (unpaired) electrons. The zero-order valence-electron chi connectivity index (χ0n) is 17.2. The van der Waals surface area contributed by atoms with Crippen LogP contribution in [0.2, 0.25) is 0 Å². The van der Waals surface area contributed by atoms with Crippen LogP contribution in [0, 0.1) is 0 Å². The van der Waals surface area contributed by atoms with Crippen molar-refractivity contribution in [2.45, 2.75) is 66.0 Å². The number of rotatable bonds is 6. The lowest BCUT2D eigenvalue weighted by Crippen LogP contribution is -2.38. The molecule has 1 unspecified atom stereocenters. The van der Waals surface area contributed by atoms with Gasteiger partial charge < -0.3 is 15.2 Å². The molecule has 0 saturated heterocycles. The highest BCUT2D eigenvalue weighted by atomic mass is 127. The molecule has 2 rings (SSSR count). The Hall–Kier alpha value is -1.64. The van der Waals surface area contributed by atoms with Gasteiger partial charge in [0.1, 0.15) is 6.54 Å². The summed E-state index contributed by atoms with van der Waals surface area (Å²) in [6, 6.07) is 8.81. The van der Waals surface area contributed by atoms with Gasteiger partial charge in [-0.05, 0) is 31.4 Å². The first-order valence-electron chi connectivity index (χ1n) is 9.30. The summed E-state index contributed by atoms with van der Waals surface area (Å²) in [4.78, 5) is 9.02. The maximum atomic E-state index is 5.32. The fraction of sp³-hybridized carbons (Fsp3) is 0.550. The highest BCUT2D eigenvalue weighted by molar-refractivity contribution is 14.0. The number of halogens is 1. The molecule has 0 fully saturated rings. The van der Waals surface area contributed by atoms with Gasteiger partial charge in [0.2, 0.25) is 5.89 Å². The molecule has 150 valence electrons. The lowest BCUT2D eigenvalue weighted by molar-refractivity contribution is 0.318. The number of nitrogens with one attached hydrogen (secondary N) is 2. The van der Waals surface area contributed by atoms with E-state index in [4.69, 9.17) is 4.52 Å². The lowest BCUT2D eigenvalue weighted by atomic mass is 9.97. The van der Waals surface area contributed by atoms with Gasteiger partial charge in [-0.15, -0.1) is 24.0 Å². The van der Waals surface area contributed by atoms with E-state index < -0.39 is 0 Å². The Bertz CT molecular complexity index is 719. The van der Waals surface area contributed by atoms with Crippen LogP contribution in [0.15, 0.2) is 33.8 Å². The summed E-state index contributed by atoms with van der Waals surface area (Å²) in [6.45, 7) is 13.6. The average Bonchev–Trinajstić information content (AvgIpc) is 3.09. The number of nitrogens with zero attached hydrogens (tertiary/aromatic N) is 3. The molecule has 7 heteroatoms. The molecule has 6 nitrogen and oxygen atoms in total. The molecule has 0 aliphatic carbocycles. The molecule has 1 heterocycles. The zero-order valence-corrected chi connectivity index (χ0v) is 19.5. The summed E-state index contributed by atoms with van der Waals surface area (Å²) in [5, 5.41) is 10.7. The largest absolute Gasteiger partial charge is 0.357 e. The Labute approximate surface area is 179 Å². The summed E-state index contributed by atoms with van der Waals surface area (Å²) in [5.74, 6) is 1.96. The van der Waals surface area contributed by atoms with E-state index in [1.54, 1.807) is 0 Å². The Morgan fingerprint density at radius 1 is 1.19 bits per heavy atom. The van der Waals surface area contributed by atoms with Crippen LogP contribution < -0.4 is 10.6 Å². The van der Waals surface area contributed by atoms with Crippen LogP contribution in [-0.2, 0) is 18.4 Å². The van der Waals surface area contributed by atoms with Gasteiger partial charge in [-0.2, -0.15) is 4.98 Å². The van der Waals surface area contributed by atoms with Gasteiger partial charge >= 0.3 is 0 Å². The van der Waals surface area contributed by atoms with Crippen molar-refractivity contribution >= 4 is 29.9 Å². The number of hydrogen-bond donors (Lipinski definition) is 2. The standard InChI is InChI=1S/C20H31N5O.HI/c1-7-15-9-11-16(12-10-15)14(3)23-19(21-8-2)22-13-17-24-18(26-25-17)20(4,5)6;/h9-12,14H,7-8,13H2,1-6H3,(H2,21,22,23);1H. The highest BCUT2D eigenvalue weighted by Gasteiger charge is 2.21. The SMILES string of the molecule is CCNC(=NCc1noc(C(C)(C)C)n1)NC(C)c1ccc(CC)cc1.I. The molecule has 0 saturated carbocycles. The minimum absolute atomic E-state index is 0. The lowest BCUT2D eigenvalue weighted by Gasteiger charge is -2.18. The predicted octanol–water partition coefficient (Wildman–Crippen LogP) is 4.36. The van der Waals surface area contributed by atoms with Crippen LogP contribution in [0.3, 0.4) is 0 Å². The Morgan fingerprint density at radius 3 is 2.37 bits per heavy atom. The average molecular weight is 485 g/mol. The Kier molecular flexibility index (Phi) is 9.21. The van der Waals surface area contributed by atoms with E-state index in [0.717, 1.165) is 18.9 Å². The second-order valence-corrected chi connectivity index (χ2v) is 7.42. The van der Waals surface area contributed by atoms with Crippen LogP contribution in [0.4, 0.5) is 0 Å². The molecule has 0 bridgehead atoms. The molecular formula is C20H32IN5O. The first-order valence-corrected chi connectivity index (χ1v) is 9.30. The number of hydrogen-bond acceptors (Lipinski definition) is 4. The van der Waals surface area contributed by atoms with Crippen molar-refractivity contribution in [1.82, 2.24) is 20.8 Å². The third-order valence-corrected chi connectivity index (χ3v) is 4.07. The first-order chi connectivity index (χ1) is 12.3. The van der Waals surface area contributed by atoms with Crippen LogP contribution >= 0.6 is 24.0 Å². The van der Waals surface area contributed by atoms with Crippen LogP contribution in [0.1, 0.15) is 70.4 Å². The van der Waals surface area contributed by atoms with Gasteiger partial charge in [-0.1, -0.05) is 57.1 Å². The third-order valence-electron chi connectivity index (χ3n) is 4.07. The van der Waals surface area contributed by atoms with Crippen molar-refractivity contribution < 1.29 is 4.52 Å². The number of aromatic nitrogens is 2. The maximum Gasteiger partial charge on any atom is 0.232 e. The molecule has 1 atom stereocenters. The molecule has 0 spiro atoms. The molecule has 0 aliphatic rings. The van der Waals surface area contributed by atoms with E-state index in [1.165, 1.54) is 11.1 Å². The maximum absolute atomic E-state index is 5.32. The summed E-state index contributed by atoms with van der Waals surface area (Å²) in [7, 11) is 0. The van der Waals surface area contributed by atoms with Gasteiger partial charge in [0, 0.05) is 12.0 Å². The first kappa shape index (κ1) is 23.4. The van der Waals surface area contributed by atoms with Crippen molar-refractivity contribution in [1.29, 1.82) is 0 Å². The monoisotopic (exact) mass is 485 g/mol. The van der Waals surface area contributed by atoms with Crippen LogP contribution in [0.5, 0.6) is 0 Å². The van der Waals surface area contributed by atoms with Crippen molar-refractivity contribution in [2.75, 3.05) is 6.54 Å². The fourth-order valence-electron chi connectivity index (χ4n) is 2.42. The molecule has 1 aromatic carbocycles. The fourth-order valence-corrected chi connectivity index (χ4v) is 2.42. The van der Waals surface area contributed by atoms with Crippen LogP contribution in [-0.4, -0.2) is 22.6 Å². The molecule has 2 aromatic rings. The van der Waals surface area contributed by atoms with E-state index >= 15 is 0 Å². The number of aryl methyl sites for hydroxylation is 1. The van der Waals surface area contributed by atoms with Gasteiger partial charge in [0.05, 0.1) is 6.04 Å². The van der Waals surface area contributed by atoms with Gasteiger partial charge in [-0.25, -0.2) is 4.99 Å². The van der Waals surface area contributed by atoms with Crippen molar-refractivity contribution in [3.63, 3.8) is 0 Å². The van der Waals surface area contributed by atoms with E-state index in [0.29, 0.717) is 18.3 Å². The van der Waals surface area contributed by atoms with Crippen molar-refractivity contribution in [2.24, 2.45) is 4.99 Å². The van der Waals surface area contributed by atoms with E-state index in [9.17, 15) is 0 Å². The summed E-state index contributed by atoms with van der Waals surface area (Å²) < 4.78 is 5.32. The minimum Gasteiger partial charge on any atom is -0.357 e. The third kappa shape index (κ3) is 7.12. The van der Waals surface area contributed by atoms with Crippen LogP contribution in [0.25, 0.3) is 0 Å². The summed E-state index contributed by atoms with van der Waals surface area (Å²) in [6.07, 6.45) is 1.05. The molecule has 0 aliphatic heterocycles. The van der Waals surface area contributed by atoms with Gasteiger partial charge in [0.15, 0.2) is 11.8 Å². The highest BCUT2D eigenvalue weighted by Crippen LogP contribution is 2.19. The molecule has 2 N–H and O–H groups in total. The summed E-state index contributed by atoms with van der Waals surface area (Å²) in [5.41, 5.74) is 2.41. The number of guanidine groups is 1. The quantitative estimate of drug-likeness (QED) is 0.361. The van der Waals surface area contributed by atoms with Gasteiger partial charge in [-0.3, -0.25) is 0 Å². The molecule has 1 aromatic heterocycles.